The fraction of sp³-hybridized carbons (Fsp3) is 0.412. The largest absolute Gasteiger partial charge is 0.472 e. The smallest absolute Gasteiger partial charge is 0.0947 e. The van der Waals surface area contributed by atoms with Crippen LogP contribution in [0.4, 0.5) is 0 Å². The summed E-state index contributed by atoms with van der Waals surface area (Å²) in [6.45, 7) is 5.16. The van der Waals surface area contributed by atoms with Crippen molar-refractivity contribution in [2.75, 3.05) is 27.2 Å². The van der Waals surface area contributed by atoms with E-state index in [4.69, 9.17) is 4.42 Å². The summed E-state index contributed by atoms with van der Waals surface area (Å²) in [5.74, 6) is 0. The highest BCUT2D eigenvalue weighted by molar-refractivity contribution is 5.25. The second kappa shape index (κ2) is 6.73. The molecule has 0 bridgehead atoms. The van der Waals surface area contributed by atoms with Crippen molar-refractivity contribution in [2.45, 2.75) is 18.9 Å². The molecule has 0 aliphatic carbocycles. The van der Waals surface area contributed by atoms with Crippen molar-refractivity contribution >= 4 is 0 Å². The molecule has 20 heavy (non-hydrogen) atoms. The number of nitrogens with one attached hydrogen (secondary N) is 1. The fourth-order valence-corrected chi connectivity index (χ4v) is 2.83. The SMILES string of the molecule is CNCC(C)(CN(C)Cc1ccoc1)c1ccccc1. The molecule has 0 radical (unpaired) electrons. The van der Waals surface area contributed by atoms with Gasteiger partial charge in [0.2, 0.25) is 0 Å². The highest BCUT2D eigenvalue weighted by Crippen LogP contribution is 2.24. The van der Waals surface area contributed by atoms with Gasteiger partial charge in [0.15, 0.2) is 0 Å². The Morgan fingerprint density at radius 3 is 2.55 bits per heavy atom. The van der Waals surface area contributed by atoms with E-state index in [1.165, 1.54) is 11.1 Å². The van der Waals surface area contributed by atoms with E-state index in [9.17, 15) is 0 Å². The van der Waals surface area contributed by atoms with Crippen LogP contribution in [0, 0.1) is 0 Å². The second-order valence-corrected chi connectivity index (χ2v) is 5.76. The molecule has 1 N–H and O–H groups in total. The molecule has 0 saturated carbocycles. The van der Waals surface area contributed by atoms with Gasteiger partial charge < -0.3 is 14.6 Å². The zero-order valence-electron chi connectivity index (χ0n) is 12.6. The molecule has 1 heterocycles. The van der Waals surface area contributed by atoms with E-state index in [-0.39, 0.29) is 5.41 Å². The number of benzene rings is 1. The molecule has 2 rings (SSSR count). The molecule has 3 nitrogen and oxygen atoms in total. The maximum Gasteiger partial charge on any atom is 0.0947 e. The van der Waals surface area contributed by atoms with Gasteiger partial charge in [0.1, 0.15) is 0 Å². The van der Waals surface area contributed by atoms with Crippen molar-refractivity contribution < 1.29 is 4.42 Å². The second-order valence-electron chi connectivity index (χ2n) is 5.76. The monoisotopic (exact) mass is 272 g/mol. The standard InChI is InChI=1S/C17H24N2O/c1-17(13-18-2,16-7-5-4-6-8-16)14-19(3)11-15-9-10-20-12-15/h4-10,12,18H,11,13-14H2,1-3H3. The summed E-state index contributed by atoms with van der Waals surface area (Å²) in [6.07, 6.45) is 3.54. The minimum Gasteiger partial charge on any atom is -0.472 e. The summed E-state index contributed by atoms with van der Waals surface area (Å²) >= 11 is 0. The molecule has 0 aliphatic rings. The first-order chi connectivity index (χ1) is 9.64. The average molecular weight is 272 g/mol. The summed E-state index contributed by atoms with van der Waals surface area (Å²) in [5, 5.41) is 3.33. The number of furan rings is 1. The predicted molar refractivity (Wildman–Crippen MR) is 82.8 cm³/mol. The molecule has 1 aromatic carbocycles. The van der Waals surface area contributed by atoms with Gasteiger partial charge in [-0.2, -0.15) is 0 Å². The zero-order chi connectivity index (χ0) is 14.4. The molecule has 0 fully saturated rings. The Morgan fingerprint density at radius 2 is 1.95 bits per heavy atom. The first kappa shape index (κ1) is 14.8. The Kier molecular flexibility index (Phi) is 4.99. The van der Waals surface area contributed by atoms with Crippen LogP contribution in [0.25, 0.3) is 0 Å². The highest BCUT2D eigenvalue weighted by atomic mass is 16.3. The third-order valence-electron chi connectivity index (χ3n) is 3.69. The molecule has 3 heteroatoms. The molecule has 1 unspecified atom stereocenters. The van der Waals surface area contributed by atoms with E-state index in [0.717, 1.165) is 19.6 Å². The molecular formula is C17H24N2O. The predicted octanol–water partition coefficient (Wildman–Crippen LogP) is 2.89. The van der Waals surface area contributed by atoms with Crippen LogP contribution in [0.3, 0.4) is 0 Å². The highest BCUT2D eigenvalue weighted by Gasteiger charge is 2.27. The minimum absolute atomic E-state index is 0.0918. The van der Waals surface area contributed by atoms with E-state index in [1.807, 2.05) is 19.4 Å². The van der Waals surface area contributed by atoms with Gasteiger partial charge in [0, 0.05) is 30.6 Å². The van der Waals surface area contributed by atoms with Crippen LogP contribution >= 0.6 is 0 Å². The third kappa shape index (κ3) is 3.71. The Balaban J connectivity index is 2.08. The van der Waals surface area contributed by atoms with Gasteiger partial charge in [-0.25, -0.2) is 0 Å². The fourth-order valence-electron chi connectivity index (χ4n) is 2.83. The van der Waals surface area contributed by atoms with Gasteiger partial charge in [0.05, 0.1) is 12.5 Å². The summed E-state index contributed by atoms with van der Waals surface area (Å²) in [6, 6.07) is 12.7. The summed E-state index contributed by atoms with van der Waals surface area (Å²) in [4.78, 5) is 2.34. The molecule has 1 aromatic heterocycles. The van der Waals surface area contributed by atoms with E-state index in [0.29, 0.717) is 0 Å². The Bertz CT molecular complexity index is 495. The number of hydrogen-bond donors (Lipinski definition) is 1. The van der Waals surface area contributed by atoms with Gasteiger partial charge in [-0.3, -0.25) is 0 Å². The lowest BCUT2D eigenvalue weighted by Crippen LogP contribution is -2.43. The molecule has 1 atom stereocenters. The Morgan fingerprint density at radius 1 is 1.20 bits per heavy atom. The van der Waals surface area contributed by atoms with Gasteiger partial charge in [0.25, 0.3) is 0 Å². The molecule has 2 aromatic rings. The lowest BCUT2D eigenvalue weighted by Gasteiger charge is -2.34. The van der Waals surface area contributed by atoms with Gasteiger partial charge in [-0.1, -0.05) is 37.3 Å². The van der Waals surface area contributed by atoms with Crippen molar-refractivity contribution in [3.63, 3.8) is 0 Å². The van der Waals surface area contributed by atoms with Gasteiger partial charge >= 0.3 is 0 Å². The van der Waals surface area contributed by atoms with Crippen LogP contribution in [-0.2, 0) is 12.0 Å². The van der Waals surface area contributed by atoms with E-state index in [2.05, 4.69) is 54.5 Å². The van der Waals surface area contributed by atoms with Crippen molar-refractivity contribution in [2.24, 2.45) is 0 Å². The van der Waals surface area contributed by atoms with Gasteiger partial charge in [-0.15, -0.1) is 0 Å². The molecular weight excluding hydrogens is 248 g/mol. The van der Waals surface area contributed by atoms with Crippen molar-refractivity contribution in [1.82, 2.24) is 10.2 Å². The normalized spacial score (nSPS) is 14.4. The minimum atomic E-state index is 0.0918. The summed E-state index contributed by atoms with van der Waals surface area (Å²) in [7, 11) is 4.17. The number of nitrogens with zero attached hydrogens (tertiary/aromatic N) is 1. The topological polar surface area (TPSA) is 28.4 Å². The summed E-state index contributed by atoms with van der Waals surface area (Å²) < 4.78 is 5.14. The zero-order valence-corrected chi connectivity index (χ0v) is 12.6. The van der Waals surface area contributed by atoms with Crippen molar-refractivity contribution in [3.8, 4) is 0 Å². The first-order valence-electron chi connectivity index (χ1n) is 7.04. The number of hydrogen-bond acceptors (Lipinski definition) is 3. The average Bonchev–Trinajstić information content (AvgIpc) is 2.92. The van der Waals surface area contributed by atoms with Crippen LogP contribution < -0.4 is 5.32 Å². The first-order valence-corrected chi connectivity index (χ1v) is 7.04. The van der Waals surface area contributed by atoms with Crippen LogP contribution in [0.1, 0.15) is 18.1 Å². The Hall–Kier alpha value is -1.58. The van der Waals surface area contributed by atoms with E-state index in [1.54, 1.807) is 6.26 Å². The van der Waals surface area contributed by atoms with E-state index >= 15 is 0 Å². The number of likely N-dealkylation sites (N-methyl/N-ethyl adjacent to an activating group) is 2. The maximum absolute atomic E-state index is 5.14. The molecule has 0 spiro atoms. The number of rotatable bonds is 7. The van der Waals surface area contributed by atoms with Crippen LogP contribution in [-0.4, -0.2) is 32.1 Å². The van der Waals surface area contributed by atoms with Gasteiger partial charge in [-0.05, 0) is 25.7 Å². The van der Waals surface area contributed by atoms with Crippen LogP contribution in [0.2, 0.25) is 0 Å². The quantitative estimate of drug-likeness (QED) is 0.840. The van der Waals surface area contributed by atoms with Crippen molar-refractivity contribution in [3.05, 3.63) is 60.1 Å². The van der Waals surface area contributed by atoms with E-state index < -0.39 is 0 Å². The van der Waals surface area contributed by atoms with Crippen molar-refractivity contribution in [1.29, 1.82) is 0 Å². The van der Waals surface area contributed by atoms with Crippen LogP contribution in [0.15, 0.2) is 53.3 Å². The molecule has 0 amide bonds. The maximum atomic E-state index is 5.14. The summed E-state index contributed by atoms with van der Waals surface area (Å²) in [5.41, 5.74) is 2.68. The molecule has 0 saturated heterocycles. The molecule has 0 aliphatic heterocycles. The lowest BCUT2D eigenvalue weighted by molar-refractivity contribution is 0.245. The third-order valence-corrected chi connectivity index (χ3v) is 3.69. The lowest BCUT2D eigenvalue weighted by atomic mass is 9.81. The van der Waals surface area contributed by atoms with Crippen LogP contribution in [0.5, 0.6) is 0 Å². The molecule has 108 valence electrons. The Labute approximate surface area is 121 Å².